The summed E-state index contributed by atoms with van der Waals surface area (Å²) in [6.45, 7) is 6.58. The highest BCUT2D eigenvalue weighted by atomic mass is 16.6. The molecule has 0 amide bonds. The Balaban J connectivity index is 4.41. The summed E-state index contributed by atoms with van der Waals surface area (Å²) in [4.78, 5) is 37.8. The molecule has 1 unspecified atom stereocenters. The third-order valence-electron chi connectivity index (χ3n) is 10.8. The lowest BCUT2D eigenvalue weighted by atomic mass is 10.1. The summed E-state index contributed by atoms with van der Waals surface area (Å²) in [7, 11) is 0. The van der Waals surface area contributed by atoms with Gasteiger partial charge in [0.25, 0.3) is 0 Å². The Bertz CT molecular complexity index is 984. The fraction of sp³-hybridized carbons (Fsp3) is 0.827. The van der Waals surface area contributed by atoms with E-state index in [-0.39, 0.29) is 31.1 Å². The van der Waals surface area contributed by atoms with Crippen LogP contribution in [0.4, 0.5) is 0 Å². The van der Waals surface area contributed by atoms with Crippen molar-refractivity contribution in [1.29, 1.82) is 0 Å². The van der Waals surface area contributed by atoms with Crippen molar-refractivity contribution in [2.24, 2.45) is 0 Å². The van der Waals surface area contributed by atoms with Crippen LogP contribution < -0.4 is 0 Å². The third-order valence-corrected chi connectivity index (χ3v) is 10.8. The summed E-state index contributed by atoms with van der Waals surface area (Å²) < 4.78 is 16.7. The van der Waals surface area contributed by atoms with Crippen molar-refractivity contribution in [3.05, 3.63) is 36.5 Å². The minimum absolute atomic E-state index is 0.0861. The van der Waals surface area contributed by atoms with Gasteiger partial charge in [-0.25, -0.2) is 0 Å². The number of carbonyl (C=O) groups is 3. The number of allylic oxidation sites excluding steroid dienone is 6. The molecule has 0 aromatic heterocycles. The molecule has 0 spiro atoms. The van der Waals surface area contributed by atoms with Crippen molar-refractivity contribution in [2.75, 3.05) is 13.2 Å². The van der Waals surface area contributed by atoms with E-state index in [9.17, 15) is 14.4 Å². The fourth-order valence-corrected chi connectivity index (χ4v) is 7.01. The van der Waals surface area contributed by atoms with E-state index in [2.05, 4.69) is 57.2 Å². The average Bonchev–Trinajstić information content (AvgIpc) is 3.22. The molecule has 0 heterocycles. The zero-order valence-electron chi connectivity index (χ0n) is 38.6. The number of ether oxygens (including phenoxy) is 3. The van der Waals surface area contributed by atoms with Gasteiger partial charge in [-0.05, 0) is 96.3 Å². The van der Waals surface area contributed by atoms with Crippen LogP contribution in [0.1, 0.15) is 258 Å². The zero-order chi connectivity index (χ0) is 42.3. The maximum atomic E-state index is 12.8. The molecule has 6 nitrogen and oxygen atoms in total. The lowest BCUT2D eigenvalue weighted by Crippen LogP contribution is -2.30. The van der Waals surface area contributed by atoms with Crippen LogP contribution in [0.5, 0.6) is 0 Å². The van der Waals surface area contributed by atoms with Gasteiger partial charge in [0.1, 0.15) is 13.2 Å². The lowest BCUT2D eigenvalue weighted by Gasteiger charge is -2.18. The van der Waals surface area contributed by atoms with Crippen molar-refractivity contribution in [2.45, 2.75) is 264 Å². The maximum absolute atomic E-state index is 12.8. The Morgan fingerprint density at radius 3 is 0.914 bits per heavy atom. The summed E-state index contributed by atoms with van der Waals surface area (Å²) in [5.74, 6) is -0.921. The van der Waals surface area contributed by atoms with E-state index < -0.39 is 6.10 Å². The second-order valence-electron chi connectivity index (χ2n) is 16.7. The molecule has 0 aliphatic heterocycles. The highest BCUT2D eigenvalue weighted by Crippen LogP contribution is 2.14. The molecule has 0 saturated carbocycles. The third kappa shape index (κ3) is 44.7. The highest BCUT2D eigenvalue weighted by molar-refractivity contribution is 5.71. The molecule has 0 fully saturated rings. The van der Waals surface area contributed by atoms with Gasteiger partial charge in [-0.1, -0.05) is 179 Å². The van der Waals surface area contributed by atoms with Gasteiger partial charge in [-0.3, -0.25) is 14.4 Å². The first-order valence-electron chi connectivity index (χ1n) is 25.0. The van der Waals surface area contributed by atoms with Crippen LogP contribution in [0.3, 0.4) is 0 Å². The Morgan fingerprint density at radius 2 is 0.569 bits per heavy atom. The largest absolute Gasteiger partial charge is 0.462 e. The number of rotatable bonds is 45. The smallest absolute Gasteiger partial charge is 0.306 e. The van der Waals surface area contributed by atoms with Crippen LogP contribution in [-0.4, -0.2) is 37.2 Å². The van der Waals surface area contributed by atoms with Gasteiger partial charge >= 0.3 is 17.9 Å². The highest BCUT2D eigenvalue weighted by Gasteiger charge is 2.19. The summed E-state index contributed by atoms with van der Waals surface area (Å²) in [5.41, 5.74) is 0. The van der Waals surface area contributed by atoms with Gasteiger partial charge in [0.05, 0.1) is 0 Å². The Hall–Kier alpha value is -2.37. The predicted octanol–water partition coefficient (Wildman–Crippen LogP) is 16.1. The van der Waals surface area contributed by atoms with E-state index in [1.54, 1.807) is 0 Å². The second-order valence-corrected chi connectivity index (χ2v) is 16.7. The van der Waals surface area contributed by atoms with Crippen LogP contribution in [0.2, 0.25) is 0 Å². The fourth-order valence-electron chi connectivity index (χ4n) is 7.01. The number of hydrogen-bond donors (Lipinski definition) is 0. The molecule has 0 saturated heterocycles. The monoisotopic (exact) mass is 815 g/mol. The predicted molar refractivity (Wildman–Crippen MR) is 247 cm³/mol. The zero-order valence-corrected chi connectivity index (χ0v) is 38.6. The number of unbranched alkanes of at least 4 members (excludes halogenated alkanes) is 28. The van der Waals surface area contributed by atoms with Crippen LogP contribution in [0.25, 0.3) is 0 Å². The second kappa shape index (κ2) is 47.3. The van der Waals surface area contributed by atoms with Crippen LogP contribution >= 0.6 is 0 Å². The molecule has 0 aromatic rings. The summed E-state index contributed by atoms with van der Waals surface area (Å²) >= 11 is 0. The molecule has 0 rings (SSSR count). The topological polar surface area (TPSA) is 78.9 Å². The van der Waals surface area contributed by atoms with Gasteiger partial charge in [0.2, 0.25) is 0 Å². The molecule has 338 valence electrons. The lowest BCUT2D eigenvalue weighted by molar-refractivity contribution is -0.167. The van der Waals surface area contributed by atoms with E-state index in [4.69, 9.17) is 14.2 Å². The van der Waals surface area contributed by atoms with Crippen molar-refractivity contribution in [3.8, 4) is 0 Å². The first-order chi connectivity index (χ1) is 28.5. The number of esters is 3. The Labute approximate surface area is 359 Å². The van der Waals surface area contributed by atoms with Gasteiger partial charge in [0, 0.05) is 19.3 Å². The minimum Gasteiger partial charge on any atom is -0.462 e. The average molecular weight is 815 g/mol. The molecule has 0 aliphatic rings. The van der Waals surface area contributed by atoms with Gasteiger partial charge in [-0.15, -0.1) is 0 Å². The van der Waals surface area contributed by atoms with Gasteiger partial charge in [-0.2, -0.15) is 0 Å². The normalized spacial score (nSPS) is 12.3. The first-order valence-corrected chi connectivity index (χ1v) is 25.0. The number of hydrogen-bond acceptors (Lipinski definition) is 6. The molecule has 58 heavy (non-hydrogen) atoms. The molecular formula is C52H94O6. The van der Waals surface area contributed by atoms with Crippen molar-refractivity contribution in [1.82, 2.24) is 0 Å². The molecule has 1 atom stereocenters. The van der Waals surface area contributed by atoms with Gasteiger partial charge < -0.3 is 14.2 Å². The van der Waals surface area contributed by atoms with Gasteiger partial charge in [0.15, 0.2) is 6.10 Å². The first kappa shape index (κ1) is 55.6. The van der Waals surface area contributed by atoms with E-state index in [1.165, 1.54) is 128 Å². The molecule has 0 bridgehead atoms. The van der Waals surface area contributed by atoms with Crippen LogP contribution in [-0.2, 0) is 28.6 Å². The summed E-state index contributed by atoms with van der Waals surface area (Å²) in [6.07, 6.45) is 54.1. The van der Waals surface area contributed by atoms with Crippen LogP contribution in [0.15, 0.2) is 36.5 Å². The summed E-state index contributed by atoms with van der Waals surface area (Å²) in [6, 6.07) is 0. The Morgan fingerprint density at radius 1 is 0.328 bits per heavy atom. The molecule has 0 radical (unpaired) electrons. The van der Waals surface area contributed by atoms with Crippen molar-refractivity contribution >= 4 is 17.9 Å². The van der Waals surface area contributed by atoms with E-state index >= 15 is 0 Å². The van der Waals surface area contributed by atoms with Crippen LogP contribution in [0, 0.1) is 0 Å². The molecule has 0 aliphatic carbocycles. The van der Waals surface area contributed by atoms with E-state index in [0.29, 0.717) is 19.3 Å². The quantitative estimate of drug-likeness (QED) is 0.0264. The standard InChI is InChI=1S/C52H94O6/c1-4-7-10-13-16-19-22-25-27-30-33-36-39-42-45-51(54)57-48-49(47-56-50(53)44-41-38-35-32-29-24-21-18-15-12-9-6-3)58-52(55)46-43-40-37-34-31-28-26-23-20-17-14-11-8-5-2/h18,21,27-28,30-31,49H,4-17,19-20,22-26,29,32-48H2,1-3H3/b21-18-,30-27-,31-28-. The molecule has 6 heteroatoms. The minimum atomic E-state index is -0.786. The molecule has 0 N–H and O–H groups in total. The van der Waals surface area contributed by atoms with Crippen molar-refractivity contribution < 1.29 is 28.6 Å². The SMILES string of the molecule is CCCCC/C=C\CCCCCCCC(=O)OCC(COC(=O)CCCCC/C=C\CCCCCCCCC)OC(=O)CCCCC/C=C\CCCCCCCCC. The maximum Gasteiger partial charge on any atom is 0.306 e. The van der Waals surface area contributed by atoms with Crippen molar-refractivity contribution in [3.63, 3.8) is 0 Å². The number of carbonyl (C=O) groups excluding carboxylic acids is 3. The van der Waals surface area contributed by atoms with E-state index in [1.807, 2.05) is 0 Å². The van der Waals surface area contributed by atoms with E-state index in [0.717, 1.165) is 89.9 Å². The molecular weight excluding hydrogens is 721 g/mol. The Kier molecular flexibility index (Phi) is 45.4. The summed E-state index contributed by atoms with van der Waals surface area (Å²) in [5, 5.41) is 0. The molecule has 0 aromatic carbocycles.